The van der Waals surface area contributed by atoms with Crippen molar-refractivity contribution in [2.24, 2.45) is 4.40 Å². The first kappa shape index (κ1) is 19.4. The van der Waals surface area contributed by atoms with E-state index in [0.29, 0.717) is 23.2 Å². The minimum atomic E-state index is -3.76. The van der Waals surface area contributed by atoms with Crippen molar-refractivity contribution in [3.05, 3.63) is 64.2 Å². The van der Waals surface area contributed by atoms with Crippen LogP contribution in [-0.4, -0.2) is 25.1 Å². The van der Waals surface area contributed by atoms with E-state index in [1.807, 2.05) is 11.0 Å². The van der Waals surface area contributed by atoms with Gasteiger partial charge in [-0.1, -0.05) is 49.4 Å². The molecule has 142 valence electrons. The van der Waals surface area contributed by atoms with E-state index in [2.05, 4.69) is 11.3 Å². The third-order valence-electron chi connectivity index (χ3n) is 4.09. The summed E-state index contributed by atoms with van der Waals surface area (Å²) in [5.41, 5.74) is 1.38. The molecule has 0 saturated heterocycles. The highest BCUT2D eigenvalue weighted by molar-refractivity contribution is 8.14. The quantitative estimate of drug-likeness (QED) is 0.528. The molecule has 0 bridgehead atoms. The second-order valence-corrected chi connectivity index (χ2v) is 8.55. The minimum absolute atomic E-state index is 0.0134. The normalized spacial score (nSPS) is 15.1. The number of nitrogens with zero attached hydrogens (tertiary/aromatic N) is 3. The zero-order chi connectivity index (χ0) is 19.4. The monoisotopic (exact) mass is 405 g/mol. The average Bonchev–Trinajstić information content (AvgIpc) is 2.66. The van der Waals surface area contributed by atoms with Gasteiger partial charge in [-0.15, -0.1) is 4.40 Å². The Bertz CT molecular complexity index is 990. The van der Waals surface area contributed by atoms with Gasteiger partial charge in [-0.25, -0.2) is 0 Å². The number of nitro benzene ring substituents is 1. The molecule has 9 heteroatoms. The van der Waals surface area contributed by atoms with Crippen molar-refractivity contribution in [1.82, 2.24) is 0 Å². The van der Waals surface area contributed by atoms with Crippen LogP contribution in [0.1, 0.15) is 25.3 Å². The summed E-state index contributed by atoms with van der Waals surface area (Å²) in [6.45, 7) is 2.73. The van der Waals surface area contributed by atoms with Crippen LogP contribution in [0.25, 0.3) is 0 Å². The maximum absolute atomic E-state index is 12.5. The number of non-ortho nitro benzene ring substituents is 1. The summed E-state index contributed by atoms with van der Waals surface area (Å²) in [6.07, 6.45) is 1.86. The molecule has 27 heavy (non-hydrogen) atoms. The van der Waals surface area contributed by atoms with Crippen molar-refractivity contribution < 1.29 is 13.3 Å². The van der Waals surface area contributed by atoms with Gasteiger partial charge in [0.15, 0.2) is 5.17 Å². The highest BCUT2D eigenvalue weighted by Crippen LogP contribution is 2.35. The molecule has 0 radical (unpaired) electrons. The number of fused-ring (bicyclic) bond motifs is 1. The van der Waals surface area contributed by atoms with Crippen LogP contribution in [-0.2, 0) is 15.8 Å². The van der Waals surface area contributed by atoms with E-state index in [4.69, 9.17) is 0 Å². The van der Waals surface area contributed by atoms with Crippen molar-refractivity contribution in [1.29, 1.82) is 0 Å². The average molecular weight is 406 g/mol. The molecule has 0 amide bonds. The molecule has 7 nitrogen and oxygen atoms in total. The van der Waals surface area contributed by atoms with E-state index in [-0.39, 0.29) is 10.6 Å². The van der Waals surface area contributed by atoms with Crippen LogP contribution in [0.4, 0.5) is 11.4 Å². The van der Waals surface area contributed by atoms with Crippen molar-refractivity contribution >= 4 is 38.3 Å². The number of amidine groups is 1. The maximum Gasteiger partial charge on any atom is 0.286 e. The first-order valence-corrected chi connectivity index (χ1v) is 10.9. The number of unbranched alkanes of at least 4 members (excludes halogenated alkanes) is 1. The summed E-state index contributed by atoms with van der Waals surface area (Å²) in [4.78, 5) is 12.6. The number of thioether (sulfide) groups is 1. The Kier molecular flexibility index (Phi) is 5.81. The smallest absolute Gasteiger partial charge is 0.286 e. The van der Waals surface area contributed by atoms with Gasteiger partial charge in [0.2, 0.25) is 0 Å². The van der Waals surface area contributed by atoms with Gasteiger partial charge < -0.3 is 4.90 Å². The number of hydrogen-bond donors (Lipinski definition) is 0. The minimum Gasteiger partial charge on any atom is -0.319 e. The Labute approximate surface area is 162 Å². The Morgan fingerprint density at radius 1 is 1.19 bits per heavy atom. The molecule has 0 aliphatic carbocycles. The molecule has 0 saturated carbocycles. The molecular formula is C18H19N3O4S2. The Morgan fingerprint density at radius 2 is 1.96 bits per heavy atom. The SMILES string of the molecule is CCCCN1C(SCc2cccc([N+](=O)[O-])c2)=NS(=O)(=O)c2ccccc21. The standard InChI is InChI=1S/C18H19N3O4S2/c1-2-3-11-20-16-9-4-5-10-17(16)27(24,25)19-18(20)26-13-14-7-6-8-15(12-14)21(22)23/h4-10,12H,2-3,11,13H2,1H3. The van der Waals surface area contributed by atoms with Crippen LogP contribution in [0.15, 0.2) is 57.8 Å². The van der Waals surface area contributed by atoms with Gasteiger partial charge in [0, 0.05) is 24.4 Å². The lowest BCUT2D eigenvalue weighted by molar-refractivity contribution is -0.384. The van der Waals surface area contributed by atoms with E-state index in [1.54, 1.807) is 30.3 Å². The molecule has 0 atom stereocenters. The molecule has 0 fully saturated rings. The van der Waals surface area contributed by atoms with Gasteiger partial charge in [-0.05, 0) is 24.1 Å². The fourth-order valence-corrected chi connectivity index (χ4v) is 5.17. The van der Waals surface area contributed by atoms with E-state index in [0.717, 1.165) is 18.4 Å². The Balaban J connectivity index is 1.89. The van der Waals surface area contributed by atoms with E-state index in [1.165, 1.54) is 23.9 Å². The highest BCUT2D eigenvalue weighted by atomic mass is 32.2. The Hall–Kier alpha value is -2.39. The number of hydrogen-bond acceptors (Lipinski definition) is 6. The highest BCUT2D eigenvalue weighted by Gasteiger charge is 2.30. The third kappa shape index (κ3) is 4.30. The first-order valence-electron chi connectivity index (χ1n) is 8.50. The molecule has 3 rings (SSSR count). The predicted octanol–water partition coefficient (Wildman–Crippen LogP) is 4.19. The zero-order valence-corrected chi connectivity index (χ0v) is 16.4. The van der Waals surface area contributed by atoms with Crippen LogP contribution in [0.2, 0.25) is 0 Å². The maximum atomic E-state index is 12.5. The lowest BCUT2D eigenvalue weighted by atomic mass is 10.2. The van der Waals surface area contributed by atoms with Gasteiger partial charge in [0.1, 0.15) is 4.90 Å². The van der Waals surface area contributed by atoms with Crippen LogP contribution in [0, 0.1) is 10.1 Å². The van der Waals surface area contributed by atoms with E-state index in [9.17, 15) is 18.5 Å². The second-order valence-electron chi connectivity index (χ2n) is 6.04. The summed E-state index contributed by atoms with van der Waals surface area (Å²) in [5.74, 6) is 0.390. The lowest BCUT2D eigenvalue weighted by Crippen LogP contribution is -2.34. The van der Waals surface area contributed by atoms with Crippen molar-refractivity contribution in [3.8, 4) is 0 Å². The number of anilines is 1. The topological polar surface area (TPSA) is 92.9 Å². The largest absolute Gasteiger partial charge is 0.319 e. The summed E-state index contributed by atoms with van der Waals surface area (Å²) < 4.78 is 29.1. The van der Waals surface area contributed by atoms with Crippen molar-refractivity contribution in [2.75, 3.05) is 11.4 Å². The molecule has 2 aromatic rings. The van der Waals surface area contributed by atoms with Gasteiger partial charge in [0.05, 0.1) is 10.6 Å². The first-order chi connectivity index (χ1) is 12.9. The zero-order valence-electron chi connectivity index (χ0n) is 14.7. The van der Waals surface area contributed by atoms with Crippen LogP contribution >= 0.6 is 11.8 Å². The predicted molar refractivity (Wildman–Crippen MR) is 108 cm³/mol. The van der Waals surface area contributed by atoms with Gasteiger partial charge >= 0.3 is 0 Å². The van der Waals surface area contributed by atoms with Crippen LogP contribution in [0.5, 0.6) is 0 Å². The fraction of sp³-hybridized carbons (Fsp3) is 0.278. The second kappa shape index (κ2) is 8.10. The third-order valence-corrected chi connectivity index (χ3v) is 6.57. The number of rotatable bonds is 6. The molecule has 1 aliphatic rings. The van der Waals surface area contributed by atoms with Crippen LogP contribution < -0.4 is 4.90 Å². The van der Waals surface area contributed by atoms with Gasteiger partial charge in [0.25, 0.3) is 15.7 Å². The summed E-state index contributed by atoms with van der Waals surface area (Å²) >= 11 is 1.27. The van der Waals surface area contributed by atoms with Crippen molar-refractivity contribution in [2.45, 2.75) is 30.4 Å². The fourth-order valence-electron chi connectivity index (χ4n) is 2.75. The summed E-state index contributed by atoms with van der Waals surface area (Å²) in [6, 6.07) is 13.2. The van der Waals surface area contributed by atoms with E-state index < -0.39 is 14.9 Å². The van der Waals surface area contributed by atoms with Crippen LogP contribution in [0.3, 0.4) is 0 Å². The number of sulfonamides is 1. The van der Waals surface area contributed by atoms with E-state index >= 15 is 0 Å². The molecule has 0 aromatic heterocycles. The summed E-state index contributed by atoms with van der Waals surface area (Å²) in [5, 5.41) is 11.3. The molecule has 0 spiro atoms. The van der Waals surface area contributed by atoms with Gasteiger partial charge in [-0.2, -0.15) is 8.42 Å². The Morgan fingerprint density at radius 3 is 2.70 bits per heavy atom. The number of para-hydroxylation sites is 1. The molecule has 1 heterocycles. The molecular weight excluding hydrogens is 386 g/mol. The van der Waals surface area contributed by atoms with Crippen molar-refractivity contribution in [3.63, 3.8) is 0 Å². The molecule has 0 N–H and O–H groups in total. The molecule has 1 aliphatic heterocycles. The molecule has 2 aromatic carbocycles. The number of benzene rings is 2. The molecule has 0 unspecified atom stereocenters. The van der Waals surface area contributed by atoms with Gasteiger partial charge in [-0.3, -0.25) is 10.1 Å². The lowest BCUT2D eigenvalue weighted by Gasteiger charge is -2.30. The number of nitro groups is 1. The summed E-state index contributed by atoms with van der Waals surface area (Å²) in [7, 11) is -3.76.